The number of carboxylic acids is 1. The van der Waals surface area contributed by atoms with Crippen LogP contribution >= 0.6 is 0 Å². The minimum Gasteiger partial charge on any atom is -0.486 e. The summed E-state index contributed by atoms with van der Waals surface area (Å²) in [6.45, 7) is 0.116. The normalized spacial score (nSPS) is 10.3. The molecule has 1 aromatic carbocycles. The van der Waals surface area contributed by atoms with Crippen molar-refractivity contribution < 1.29 is 19.6 Å². The largest absolute Gasteiger partial charge is 0.486 e. The summed E-state index contributed by atoms with van der Waals surface area (Å²) in [5.74, 6) is -1.49. The minimum atomic E-state index is -1.27. The number of nitro groups is 1. The number of hydrogen-bond acceptors (Lipinski definition) is 5. The zero-order valence-corrected chi connectivity index (χ0v) is 11.2. The third-order valence-electron chi connectivity index (χ3n) is 2.95. The van der Waals surface area contributed by atoms with E-state index in [1.54, 1.807) is 24.0 Å². The molecule has 0 saturated carbocycles. The van der Waals surface area contributed by atoms with Gasteiger partial charge in [0, 0.05) is 31.4 Å². The molecule has 21 heavy (non-hydrogen) atoms. The molecule has 0 unspecified atom stereocenters. The van der Waals surface area contributed by atoms with E-state index in [2.05, 4.69) is 5.10 Å². The Hall–Kier alpha value is -2.90. The lowest BCUT2D eigenvalue weighted by molar-refractivity contribution is -0.385. The number of benzene rings is 1. The summed E-state index contributed by atoms with van der Waals surface area (Å²) in [4.78, 5) is 21.4. The van der Waals surface area contributed by atoms with Crippen molar-refractivity contribution in [3.05, 3.63) is 51.8 Å². The summed E-state index contributed by atoms with van der Waals surface area (Å²) in [6, 6.07) is 5.59. The predicted molar refractivity (Wildman–Crippen MR) is 72.5 cm³/mol. The molecule has 2 rings (SSSR count). The molecular weight excluding hydrogens is 278 g/mol. The average Bonchev–Trinajstić information content (AvgIpc) is 2.84. The summed E-state index contributed by atoms with van der Waals surface area (Å²) < 4.78 is 7.01. The summed E-state index contributed by atoms with van der Waals surface area (Å²) in [5, 5.41) is 24.0. The van der Waals surface area contributed by atoms with Crippen LogP contribution in [0.5, 0.6) is 5.75 Å². The second-order valence-corrected chi connectivity index (χ2v) is 4.26. The summed E-state index contributed by atoms with van der Waals surface area (Å²) in [7, 11) is 1.77. The number of aromatic nitrogens is 2. The number of carboxylic acid groups (broad SMARTS) is 1. The molecule has 8 heteroatoms. The quantitative estimate of drug-likeness (QED) is 0.640. The molecule has 0 aliphatic rings. The molecule has 1 heterocycles. The van der Waals surface area contributed by atoms with Crippen molar-refractivity contribution in [2.24, 2.45) is 7.05 Å². The van der Waals surface area contributed by atoms with E-state index in [-0.39, 0.29) is 23.6 Å². The van der Waals surface area contributed by atoms with Gasteiger partial charge in [0.2, 0.25) is 5.75 Å². The molecular formula is C13H13N3O5. The number of aromatic carboxylic acids is 1. The fourth-order valence-electron chi connectivity index (χ4n) is 1.89. The number of para-hydroxylation sites is 1. The van der Waals surface area contributed by atoms with Gasteiger partial charge in [-0.15, -0.1) is 0 Å². The monoisotopic (exact) mass is 291 g/mol. The van der Waals surface area contributed by atoms with E-state index in [0.29, 0.717) is 6.42 Å². The molecule has 0 amide bonds. The van der Waals surface area contributed by atoms with E-state index in [0.717, 1.165) is 5.69 Å². The molecule has 0 aliphatic heterocycles. The minimum absolute atomic E-state index is 0.116. The first-order chi connectivity index (χ1) is 10.0. The van der Waals surface area contributed by atoms with Gasteiger partial charge in [0.15, 0.2) is 0 Å². The van der Waals surface area contributed by atoms with Crippen LogP contribution in [0.15, 0.2) is 30.5 Å². The van der Waals surface area contributed by atoms with E-state index in [1.165, 1.54) is 18.2 Å². The lowest BCUT2D eigenvalue weighted by atomic mass is 10.1. The molecule has 1 N–H and O–H groups in total. The van der Waals surface area contributed by atoms with Gasteiger partial charge in [0.05, 0.1) is 11.5 Å². The van der Waals surface area contributed by atoms with Gasteiger partial charge >= 0.3 is 11.7 Å². The van der Waals surface area contributed by atoms with E-state index in [4.69, 9.17) is 9.84 Å². The summed E-state index contributed by atoms with van der Waals surface area (Å²) >= 11 is 0. The maximum absolute atomic E-state index is 11.1. The number of aryl methyl sites for hydroxylation is 1. The first-order valence-corrected chi connectivity index (χ1v) is 6.11. The lowest BCUT2D eigenvalue weighted by Crippen LogP contribution is -2.10. The number of nitro benzene ring substituents is 1. The highest BCUT2D eigenvalue weighted by Crippen LogP contribution is 2.31. The topological polar surface area (TPSA) is 107 Å². The zero-order chi connectivity index (χ0) is 15.4. The molecule has 0 atom stereocenters. The van der Waals surface area contributed by atoms with Crippen molar-refractivity contribution in [3.63, 3.8) is 0 Å². The third-order valence-corrected chi connectivity index (χ3v) is 2.95. The second-order valence-electron chi connectivity index (χ2n) is 4.26. The summed E-state index contributed by atoms with van der Waals surface area (Å²) in [6.07, 6.45) is 2.09. The first kappa shape index (κ1) is 14.5. The van der Waals surface area contributed by atoms with Crippen molar-refractivity contribution in [3.8, 4) is 5.75 Å². The van der Waals surface area contributed by atoms with Gasteiger partial charge in [0.1, 0.15) is 5.56 Å². The predicted octanol–water partition coefficient (Wildman–Crippen LogP) is 1.65. The Morgan fingerprint density at radius 2 is 2.24 bits per heavy atom. The van der Waals surface area contributed by atoms with Gasteiger partial charge in [-0.25, -0.2) is 4.79 Å². The van der Waals surface area contributed by atoms with Crippen LogP contribution in [0, 0.1) is 10.1 Å². The molecule has 8 nitrogen and oxygen atoms in total. The maximum atomic E-state index is 11.1. The van der Waals surface area contributed by atoms with Crippen LogP contribution in [0.3, 0.4) is 0 Å². The Morgan fingerprint density at radius 1 is 1.48 bits per heavy atom. The molecule has 0 spiro atoms. The van der Waals surface area contributed by atoms with Crippen molar-refractivity contribution in [2.75, 3.05) is 6.61 Å². The molecule has 0 saturated heterocycles. The van der Waals surface area contributed by atoms with Crippen molar-refractivity contribution in [2.45, 2.75) is 6.42 Å². The van der Waals surface area contributed by atoms with Crippen LogP contribution in [0.2, 0.25) is 0 Å². The Labute approximate surface area is 119 Å². The zero-order valence-electron chi connectivity index (χ0n) is 11.2. The maximum Gasteiger partial charge on any atom is 0.339 e. The average molecular weight is 291 g/mol. The van der Waals surface area contributed by atoms with Crippen LogP contribution in [0.4, 0.5) is 5.69 Å². The Balaban J connectivity index is 2.19. The van der Waals surface area contributed by atoms with Gasteiger partial charge in [-0.05, 0) is 12.1 Å². The van der Waals surface area contributed by atoms with Crippen molar-refractivity contribution in [1.29, 1.82) is 0 Å². The van der Waals surface area contributed by atoms with Crippen LogP contribution in [0.25, 0.3) is 0 Å². The molecule has 2 aromatic rings. The molecule has 0 bridgehead atoms. The van der Waals surface area contributed by atoms with Gasteiger partial charge in [0.25, 0.3) is 0 Å². The van der Waals surface area contributed by atoms with Crippen LogP contribution in [0.1, 0.15) is 16.1 Å². The highest BCUT2D eigenvalue weighted by molar-refractivity contribution is 5.92. The van der Waals surface area contributed by atoms with Crippen molar-refractivity contribution >= 4 is 11.7 Å². The fraction of sp³-hybridized carbons (Fsp3) is 0.231. The summed E-state index contributed by atoms with van der Waals surface area (Å²) in [5.41, 5.74) is 0.291. The van der Waals surface area contributed by atoms with Gasteiger partial charge < -0.3 is 9.84 Å². The van der Waals surface area contributed by atoms with E-state index < -0.39 is 10.9 Å². The van der Waals surface area contributed by atoms with E-state index in [9.17, 15) is 14.9 Å². The molecule has 0 radical (unpaired) electrons. The van der Waals surface area contributed by atoms with Gasteiger partial charge in [-0.1, -0.05) is 6.07 Å². The smallest absolute Gasteiger partial charge is 0.339 e. The van der Waals surface area contributed by atoms with E-state index in [1.807, 2.05) is 0 Å². The Bertz CT molecular complexity index is 648. The van der Waals surface area contributed by atoms with Crippen LogP contribution < -0.4 is 4.74 Å². The fourth-order valence-corrected chi connectivity index (χ4v) is 1.89. The standard InChI is InChI=1S/C13H13N3O5/c1-15-9(5-7-14-15)6-8-21-12-10(13(17)18)3-2-4-11(12)16(19)20/h2-5,7H,6,8H2,1H3,(H,17,18). The number of rotatable bonds is 6. The molecule has 0 fully saturated rings. The van der Waals surface area contributed by atoms with Gasteiger partial charge in [-0.2, -0.15) is 5.10 Å². The van der Waals surface area contributed by atoms with E-state index >= 15 is 0 Å². The lowest BCUT2D eigenvalue weighted by Gasteiger charge is -2.09. The van der Waals surface area contributed by atoms with Crippen LogP contribution in [-0.4, -0.2) is 32.4 Å². The highest BCUT2D eigenvalue weighted by Gasteiger charge is 2.22. The first-order valence-electron chi connectivity index (χ1n) is 6.11. The molecule has 0 aliphatic carbocycles. The van der Waals surface area contributed by atoms with Gasteiger partial charge in [-0.3, -0.25) is 14.8 Å². The number of hydrogen-bond donors (Lipinski definition) is 1. The highest BCUT2D eigenvalue weighted by atomic mass is 16.6. The van der Waals surface area contributed by atoms with Crippen LogP contribution in [-0.2, 0) is 13.5 Å². The molecule has 1 aromatic heterocycles. The van der Waals surface area contributed by atoms with Crippen molar-refractivity contribution in [1.82, 2.24) is 9.78 Å². The third kappa shape index (κ3) is 3.16. The number of nitrogens with zero attached hydrogens (tertiary/aromatic N) is 3. The number of ether oxygens (including phenoxy) is 1. The SMILES string of the molecule is Cn1nccc1CCOc1c(C(=O)O)cccc1[N+](=O)[O-]. The second kappa shape index (κ2) is 6.04. The number of carbonyl (C=O) groups is 1. The Morgan fingerprint density at radius 3 is 2.81 bits per heavy atom. The molecule has 110 valence electrons. The Kier molecular flexibility index (Phi) is 4.17.